The van der Waals surface area contributed by atoms with Gasteiger partial charge in [-0.3, -0.25) is 10.2 Å². The standard InChI is InChI=1S/C39H45F6N7O6S/c1-36(2,3)57-34(53)49-33-47-29-22(9-10-24(41)30(29)59-33)26-25(56-39(43,44)45)15-23-28(27(26)42)46-32(55-19-38-12-8-13-52(38)17-20(40)16-38)48-31(23)50(7)21-11-14-51(18-21)35(54)58-37(4,5)6/h9-10,15,20-21H,8,11-14,16-19H2,1-7H3,(H,47,49,53)/t20-,21-,38+/m1/s1. The number of likely N-dealkylation sites (tertiary alicyclic amines) is 1. The lowest BCUT2D eigenvalue weighted by atomic mass is 9.95. The third-order valence-corrected chi connectivity index (χ3v) is 11.4. The number of nitrogens with one attached hydrogen (secondary N) is 1. The molecule has 5 heterocycles. The van der Waals surface area contributed by atoms with Gasteiger partial charge in [0.2, 0.25) is 0 Å². The van der Waals surface area contributed by atoms with Crippen molar-refractivity contribution in [2.45, 2.75) is 103 Å². The molecular formula is C39H45F6N7O6S. The minimum Gasteiger partial charge on any atom is -0.461 e. The van der Waals surface area contributed by atoms with Crippen LogP contribution < -0.4 is 19.7 Å². The van der Waals surface area contributed by atoms with E-state index < -0.39 is 76.0 Å². The second-order valence-corrected chi connectivity index (χ2v) is 18.1. The second-order valence-electron chi connectivity index (χ2n) is 17.1. The molecule has 0 bridgehead atoms. The van der Waals surface area contributed by atoms with Crippen LogP contribution in [0.5, 0.6) is 11.8 Å². The van der Waals surface area contributed by atoms with Crippen LogP contribution in [0.3, 0.4) is 0 Å². The molecule has 3 aliphatic heterocycles. The Hall–Kier alpha value is -4.85. The van der Waals surface area contributed by atoms with Gasteiger partial charge < -0.3 is 28.7 Å². The largest absolute Gasteiger partial charge is 0.573 e. The third kappa shape index (κ3) is 9.02. The van der Waals surface area contributed by atoms with E-state index in [1.165, 1.54) is 4.90 Å². The third-order valence-electron chi connectivity index (χ3n) is 10.4. The van der Waals surface area contributed by atoms with Crippen LogP contribution in [0.25, 0.3) is 32.2 Å². The van der Waals surface area contributed by atoms with E-state index in [0.29, 0.717) is 37.3 Å². The van der Waals surface area contributed by atoms with Crippen LogP contribution in [-0.4, -0.2) is 112 Å². The molecule has 3 fully saturated rings. The fourth-order valence-corrected chi connectivity index (χ4v) is 8.83. The molecule has 0 aliphatic carbocycles. The molecule has 3 aliphatic rings. The number of aromatic nitrogens is 3. The van der Waals surface area contributed by atoms with Crippen molar-refractivity contribution < 1.29 is 54.9 Å². The van der Waals surface area contributed by atoms with Crippen molar-refractivity contribution in [1.29, 1.82) is 0 Å². The Kier molecular flexibility index (Phi) is 11.0. The maximum Gasteiger partial charge on any atom is 0.573 e. The summed E-state index contributed by atoms with van der Waals surface area (Å²) in [6.07, 6.45) is -5.80. The fourth-order valence-electron chi connectivity index (χ4n) is 7.95. The minimum absolute atomic E-state index is 0.0316. The molecule has 7 rings (SSSR count). The summed E-state index contributed by atoms with van der Waals surface area (Å²) in [5, 5.41) is 2.04. The number of nitrogens with zero attached hydrogens (tertiary/aromatic N) is 6. The number of hydrogen-bond acceptors (Lipinski definition) is 12. The summed E-state index contributed by atoms with van der Waals surface area (Å²) in [7, 11) is 1.60. The van der Waals surface area contributed by atoms with Gasteiger partial charge in [0.15, 0.2) is 10.9 Å². The van der Waals surface area contributed by atoms with Crippen LogP contribution in [0.1, 0.15) is 67.2 Å². The van der Waals surface area contributed by atoms with Gasteiger partial charge in [-0.2, -0.15) is 9.97 Å². The molecule has 2 aromatic carbocycles. The predicted molar refractivity (Wildman–Crippen MR) is 208 cm³/mol. The molecule has 2 amide bonds. The summed E-state index contributed by atoms with van der Waals surface area (Å²) in [6, 6.07) is 2.16. The Labute approximate surface area is 339 Å². The number of halogens is 6. The van der Waals surface area contributed by atoms with Crippen LogP contribution in [0.15, 0.2) is 18.2 Å². The number of carbonyl (C=O) groups excluding carboxylic acids is 2. The number of carbonyl (C=O) groups is 2. The summed E-state index contributed by atoms with van der Waals surface area (Å²) in [4.78, 5) is 43.9. The van der Waals surface area contributed by atoms with Gasteiger partial charge in [0, 0.05) is 50.1 Å². The number of ether oxygens (including phenoxy) is 4. The summed E-state index contributed by atoms with van der Waals surface area (Å²) in [5.41, 5.74) is -4.09. The lowest BCUT2D eigenvalue weighted by molar-refractivity contribution is -0.274. The van der Waals surface area contributed by atoms with E-state index >= 15 is 8.78 Å². The highest BCUT2D eigenvalue weighted by Gasteiger charge is 2.49. The molecule has 3 saturated heterocycles. The summed E-state index contributed by atoms with van der Waals surface area (Å²) >= 11 is 0.666. The monoisotopic (exact) mass is 853 g/mol. The fraction of sp³-hybridized carbons (Fsp3) is 0.564. The van der Waals surface area contributed by atoms with Crippen LogP contribution in [0, 0.1) is 11.6 Å². The van der Waals surface area contributed by atoms with Crippen molar-refractivity contribution in [3.63, 3.8) is 0 Å². The zero-order valence-electron chi connectivity index (χ0n) is 33.6. The predicted octanol–water partition coefficient (Wildman–Crippen LogP) is 8.83. The van der Waals surface area contributed by atoms with Crippen molar-refractivity contribution in [2.24, 2.45) is 0 Å². The maximum atomic E-state index is 17.4. The first-order chi connectivity index (χ1) is 27.5. The number of anilines is 2. The van der Waals surface area contributed by atoms with Crippen LogP contribution >= 0.6 is 11.3 Å². The average molecular weight is 854 g/mol. The number of amides is 2. The Morgan fingerprint density at radius 3 is 2.42 bits per heavy atom. The lowest BCUT2D eigenvalue weighted by Crippen LogP contribution is -2.43. The van der Waals surface area contributed by atoms with E-state index in [4.69, 9.17) is 14.2 Å². The molecular weight excluding hydrogens is 809 g/mol. The van der Waals surface area contributed by atoms with Gasteiger partial charge in [0.1, 0.15) is 46.9 Å². The van der Waals surface area contributed by atoms with Gasteiger partial charge >= 0.3 is 24.6 Å². The first-order valence-electron chi connectivity index (χ1n) is 19.1. The van der Waals surface area contributed by atoms with Gasteiger partial charge in [-0.15, -0.1) is 13.2 Å². The molecule has 0 saturated carbocycles. The number of likely N-dealkylation sites (N-methyl/N-ethyl adjacent to an activating group) is 1. The second kappa shape index (κ2) is 15.3. The van der Waals surface area contributed by atoms with E-state index in [-0.39, 0.29) is 64.2 Å². The van der Waals surface area contributed by atoms with Crippen molar-refractivity contribution in [1.82, 2.24) is 24.8 Å². The van der Waals surface area contributed by atoms with Crippen LogP contribution in [0.2, 0.25) is 0 Å². The van der Waals surface area contributed by atoms with E-state index in [1.807, 2.05) is 4.90 Å². The highest BCUT2D eigenvalue weighted by Crippen LogP contribution is 2.46. The van der Waals surface area contributed by atoms with Crippen LogP contribution in [0.4, 0.5) is 46.9 Å². The number of alkyl halides is 4. The van der Waals surface area contributed by atoms with E-state index in [0.717, 1.165) is 24.6 Å². The van der Waals surface area contributed by atoms with E-state index in [1.54, 1.807) is 53.5 Å². The molecule has 20 heteroatoms. The molecule has 0 radical (unpaired) electrons. The Bertz CT molecular complexity index is 2280. The van der Waals surface area contributed by atoms with Crippen molar-refractivity contribution in [2.75, 3.05) is 50.1 Å². The highest BCUT2D eigenvalue weighted by atomic mass is 32.1. The first-order valence-corrected chi connectivity index (χ1v) is 19.9. The van der Waals surface area contributed by atoms with Gasteiger partial charge in [0.05, 0.1) is 21.3 Å². The topological polar surface area (TPSA) is 131 Å². The Morgan fingerprint density at radius 2 is 1.73 bits per heavy atom. The van der Waals surface area contributed by atoms with Crippen molar-refractivity contribution in [3.8, 4) is 22.9 Å². The van der Waals surface area contributed by atoms with E-state index in [9.17, 15) is 27.2 Å². The zero-order valence-corrected chi connectivity index (χ0v) is 34.4. The Morgan fingerprint density at radius 1 is 1.00 bits per heavy atom. The summed E-state index contributed by atoms with van der Waals surface area (Å²) < 4.78 is 111. The molecule has 59 heavy (non-hydrogen) atoms. The molecule has 4 aromatic rings. The SMILES string of the molecule is CN(c1nc(OC[C@@]23CCCN2C[C@H](F)C3)nc2c(F)c(-c3ccc(F)c4sc(NC(=O)OC(C)(C)C)nc34)c(OC(F)(F)F)cc12)[C@@H]1CCN(C(=O)OC(C)(C)C)C1. The molecule has 0 spiro atoms. The number of fused-ring (bicyclic) bond motifs is 3. The Balaban J connectivity index is 1.36. The molecule has 13 nitrogen and oxygen atoms in total. The number of rotatable bonds is 8. The van der Waals surface area contributed by atoms with Gasteiger partial charge in [-0.1, -0.05) is 11.3 Å². The average Bonchev–Trinajstić information content (AvgIpc) is 3.89. The van der Waals surface area contributed by atoms with Crippen molar-refractivity contribution in [3.05, 3.63) is 29.8 Å². The van der Waals surface area contributed by atoms with Crippen LogP contribution in [-0.2, 0) is 9.47 Å². The summed E-state index contributed by atoms with van der Waals surface area (Å²) in [6.45, 7) is 11.4. The molecule has 1 N–H and O–H groups in total. The quantitative estimate of drug-likeness (QED) is 0.171. The number of hydrogen-bond donors (Lipinski definition) is 1. The van der Waals surface area contributed by atoms with Gasteiger partial charge in [-0.25, -0.2) is 27.7 Å². The normalized spacial score (nSPS) is 21.3. The lowest BCUT2D eigenvalue weighted by Gasteiger charge is -2.31. The first kappa shape index (κ1) is 42.3. The summed E-state index contributed by atoms with van der Waals surface area (Å²) in [5.74, 6) is -3.16. The molecule has 320 valence electrons. The minimum atomic E-state index is -5.32. The smallest absolute Gasteiger partial charge is 0.461 e. The number of benzene rings is 2. The maximum absolute atomic E-state index is 17.4. The van der Waals surface area contributed by atoms with E-state index in [2.05, 4.69) is 25.0 Å². The number of thiazole rings is 1. The van der Waals surface area contributed by atoms with Gasteiger partial charge in [-0.05, 0) is 85.5 Å². The van der Waals surface area contributed by atoms with Crippen molar-refractivity contribution >= 4 is 55.6 Å². The molecule has 0 unspecified atom stereocenters. The van der Waals surface area contributed by atoms with Gasteiger partial charge in [0.25, 0.3) is 0 Å². The highest BCUT2D eigenvalue weighted by molar-refractivity contribution is 7.22. The molecule has 3 atom stereocenters. The molecule has 2 aromatic heterocycles. The zero-order chi connectivity index (χ0) is 42.8.